The first kappa shape index (κ1) is 15.4. The monoisotopic (exact) mass is 239 g/mol. The second kappa shape index (κ2) is 7.63. The van der Waals surface area contributed by atoms with E-state index in [0.717, 1.165) is 0 Å². The third-order valence-corrected chi connectivity index (χ3v) is 1.95. The molecule has 0 aromatic rings. The zero-order valence-electron chi connectivity index (χ0n) is 8.52. The second-order valence-electron chi connectivity index (χ2n) is 3.17. The van der Waals surface area contributed by atoms with Gasteiger partial charge in [-0.2, -0.15) is 0 Å². The molecule has 0 saturated carbocycles. The molecule has 0 aliphatic carbocycles. The maximum atomic E-state index is 10.8. The first-order chi connectivity index (χ1) is 7.45. The number of Topliss-reactive ketones (excluding diaryl/α,β-unsaturated/α-hetero) is 1. The van der Waals surface area contributed by atoms with Crippen LogP contribution in [-0.2, 0) is 4.79 Å². The number of ketones is 1. The van der Waals surface area contributed by atoms with E-state index in [9.17, 15) is 20.1 Å². The molecule has 7 N–H and O–H groups in total. The van der Waals surface area contributed by atoms with Crippen LogP contribution >= 0.6 is 0 Å². The summed E-state index contributed by atoms with van der Waals surface area (Å²) in [6, 6.07) is 0. The van der Waals surface area contributed by atoms with E-state index in [1.165, 1.54) is 0 Å². The highest BCUT2D eigenvalue weighted by Crippen LogP contribution is 2.04. The van der Waals surface area contributed by atoms with Crippen LogP contribution in [0.1, 0.15) is 0 Å². The maximum absolute atomic E-state index is 10.8. The van der Waals surface area contributed by atoms with E-state index in [-0.39, 0.29) is 13.2 Å². The standard InChI is InChI=1S/C8H17NO7/c10-2-1-9-8(16)7(15)6(14)5(13)4(12)3-11/h5-11,13-16H,1-3H2/t5-,6+,7-,8?/m1/s1. The molecule has 8 nitrogen and oxygen atoms in total. The molecule has 0 aliphatic rings. The average Bonchev–Trinajstić information content (AvgIpc) is 2.31. The molecule has 0 bridgehead atoms. The molecule has 8 heteroatoms. The molecule has 16 heavy (non-hydrogen) atoms. The molecule has 1 unspecified atom stereocenters. The van der Waals surface area contributed by atoms with E-state index in [1.807, 2.05) is 0 Å². The number of hydrogen-bond acceptors (Lipinski definition) is 8. The average molecular weight is 239 g/mol. The lowest BCUT2D eigenvalue weighted by Gasteiger charge is -2.25. The van der Waals surface area contributed by atoms with Gasteiger partial charge in [0.2, 0.25) is 0 Å². The second-order valence-corrected chi connectivity index (χ2v) is 3.17. The van der Waals surface area contributed by atoms with Crippen molar-refractivity contribution in [1.82, 2.24) is 5.32 Å². The van der Waals surface area contributed by atoms with Crippen molar-refractivity contribution in [1.29, 1.82) is 0 Å². The fourth-order valence-corrected chi connectivity index (χ4v) is 0.991. The lowest BCUT2D eigenvalue weighted by molar-refractivity contribution is -0.149. The molecule has 0 saturated heterocycles. The van der Waals surface area contributed by atoms with Crippen LogP contribution in [0, 0.1) is 0 Å². The molecule has 0 amide bonds. The summed E-state index contributed by atoms with van der Waals surface area (Å²) in [6.45, 7) is -1.31. The molecule has 4 atom stereocenters. The van der Waals surface area contributed by atoms with Crippen LogP contribution in [0.25, 0.3) is 0 Å². The molecule has 0 spiro atoms. The minimum atomic E-state index is -1.98. The van der Waals surface area contributed by atoms with Gasteiger partial charge in [0.25, 0.3) is 0 Å². The Hall–Kier alpha value is -0.610. The van der Waals surface area contributed by atoms with Gasteiger partial charge in [0.05, 0.1) is 6.61 Å². The van der Waals surface area contributed by atoms with E-state index < -0.39 is 36.9 Å². The highest BCUT2D eigenvalue weighted by molar-refractivity contribution is 5.84. The minimum Gasteiger partial charge on any atom is -0.395 e. The van der Waals surface area contributed by atoms with E-state index >= 15 is 0 Å². The summed E-state index contributed by atoms with van der Waals surface area (Å²) in [4.78, 5) is 10.8. The topological polar surface area (TPSA) is 150 Å². The maximum Gasteiger partial charge on any atom is 0.189 e. The van der Waals surface area contributed by atoms with Crippen molar-refractivity contribution in [2.75, 3.05) is 19.8 Å². The van der Waals surface area contributed by atoms with E-state index in [2.05, 4.69) is 5.32 Å². The third-order valence-electron chi connectivity index (χ3n) is 1.95. The Morgan fingerprint density at radius 2 is 1.62 bits per heavy atom. The Labute approximate surface area is 91.8 Å². The van der Waals surface area contributed by atoms with Crippen molar-refractivity contribution in [3.05, 3.63) is 0 Å². The summed E-state index contributed by atoms with van der Waals surface area (Å²) in [7, 11) is 0. The normalized spacial score (nSPS) is 18.9. The molecule has 96 valence electrons. The van der Waals surface area contributed by atoms with Crippen LogP contribution in [0.2, 0.25) is 0 Å². The molecule has 0 fully saturated rings. The Morgan fingerprint density at radius 3 is 2.06 bits per heavy atom. The fourth-order valence-electron chi connectivity index (χ4n) is 0.991. The quantitative estimate of drug-likeness (QED) is 0.209. The Kier molecular flexibility index (Phi) is 7.34. The number of hydrogen-bond donors (Lipinski definition) is 7. The number of nitrogens with one attached hydrogen (secondary N) is 1. The Balaban J connectivity index is 4.24. The van der Waals surface area contributed by atoms with Crippen LogP contribution in [0.4, 0.5) is 0 Å². The molecule has 0 rings (SSSR count). The van der Waals surface area contributed by atoms with Crippen LogP contribution in [-0.4, -0.2) is 80.7 Å². The highest BCUT2D eigenvalue weighted by atomic mass is 16.4. The fraction of sp³-hybridized carbons (Fsp3) is 0.875. The van der Waals surface area contributed by atoms with Gasteiger partial charge in [0, 0.05) is 6.54 Å². The van der Waals surface area contributed by atoms with Gasteiger partial charge < -0.3 is 30.6 Å². The van der Waals surface area contributed by atoms with Crippen LogP contribution < -0.4 is 5.32 Å². The largest absolute Gasteiger partial charge is 0.395 e. The Bertz CT molecular complexity index is 213. The molecule has 0 aromatic carbocycles. The van der Waals surface area contributed by atoms with E-state index in [0.29, 0.717) is 0 Å². The minimum absolute atomic E-state index is 0.0327. The molecule has 0 aromatic heterocycles. The van der Waals surface area contributed by atoms with Crippen molar-refractivity contribution in [3.8, 4) is 0 Å². The summed E-state index contributed by atoms with van der Waals surface area (Å²) in [5, 5.41) is 55.9. The van der Waals surface area contributed by atoms with Crippen molar-refractivity contribution < 1.29 is 35.4 Å². The first-order valence-corrected chi connectivity index (χ1v) is 4.65. The van der Waals surface area contributed by atoms with Gasteiger partial charge in [0.15, 0.2) is 5.78 Å². The third kappa shape index (κ3) is 4.49. The molecule has 0 radical (unpaired) electrons. The number of carbonyl (C=O) groups excluding carboxylic acids is 1. The summed E-state index contributed by atoms with van der Waals surface area (Å²) in [6.07, 6.45) is -7.34. The van der Waals surface area contributed by atoms with Crippen LogP contribution in [0.3, 0.4) is 0 Å². The van der Waals surface area contributed by atoms with Crippen molar-refractivity contribution in [2.45, 2.75) is 24.5 Å². The zero-order valence-corrected chi connectivity index (χ0v) is 8.52. The van der Waals surface area contributed by atoms with Gasteiger partial charge >= 0.3 is 0 Å². The van der Waals surface area contributed by atoms with Gasteiger partial charge in [-0.1, -0.05) is 0 Å². The van der Waals surface area contributed by atoms with Gasteiger partial charge in [0.1, 0.15) is 31.1 Å². The van der Waals surface area contributed by atoms with Crippen molar-refractivity contribution in [3.63, 3.8) is 0 Å². The van der Waals surface area contributed by atoms with E-state index in [4.69, 9.17) is 15.3 Å². The zero-order chi connectivity index (χ0) is 12.7. The summed E-state index contributed by atoms with van der Waals surface area (Å²) in [5.74, 6) is -1.07. The SMILES string of the molecule is O=C(CO)[C@@H](O)[C@H](O)[C@@H](O)C(O)NCCO. The number of carbonyl (C=O) groups is 1. The lowest BCUT2D eigenvalue weighted by atomic mass is 10.0. The van der Waals surface area contributed by atoms with Gasteiger partial charge in [-0.25, -0.2) is 0 Å². The van der Waals surface area contributed by atoms with Gasteiger partial charge in [-0.05, 0) is 0 Å². The number of aliphatic hydroxyl groups excluding tert-OH is 6. The summed E-state index contributed by atoms with van der Waals surface area (Å²) in [5.41, 5.74) is 0. The van der Waals surface area contributed by atoms with Gasteiger partial charge in [-0.3, -0.25) is 10.1 Å². The Morgan fingerprint density at radius 1 is 1.06 bits per heavy atom. The molecule has 0 heterocycles. The predicted octanol–water partition coefficient (Wildman–Crippen LogP) is -4.47. The van der Waals surface area contributed by atoms with Crippen molar-refractivity contribution in [2.24, 2.45) is 0 Å². The predicted molar refractivity (Wildman–Crippen MR) is 51.2 cm³/mol. The van der Waals surface area contributed by atoms with Crippen LogP contribution in [0.5, 0.6) is 0 Å². The molecule has 0 aliphatic heterocycles. The lowest BCUT2D eigenvalue weighted by Crippen LogP contribution is -2.53. The van der Waals surface area contributed by atoms with E-state index in [1.54, 1.807) is 0 Å². The smallest absolute Gasteiger partial charge is 0.189 e. The number of aliphatic hydroxyl groups is 6. The molecular weight excluding hydrogens is 222 g/mol. The van der Waals surface area contributed by atoms with Crippen LogP contribution in [0.15, 0.2) is 0 Å². The van der Waals surface area contributed by atoms with Gasteiger partial charge in [-0.15, -0.1) is 0 Å². The summed E-state index contributed by atoms with van der Waals surface area (Å²) < 4.78 is 0. The summed E-state index contributed by atoms with van der Waals surface area (Å²) >= 11 is 0. The number of rotatable bonds is 8. The first-order valence-electron chi connectivity index (χ1n) is 4.65. The highest BCUT2D eigenvalue weighted by Gasteiger charge is 2.33. The van der Waals surface area contributed by atoms with Crippen molar-refractivity contribution >= 4 is 5.78 Å². The molecular formula is C8H17NO7.